The molecule has 1 aromatic carbocycles. The molecule has 0 N–H and O–H groups in total. The van der Waals surface area contributed by atoms with Gasteiger partial charge in [0.05, 0.1) is 24.3 Å². The maximum Gasteiger partial charge on any atom is 0.417 e. The second-order valence-corrected chi connectivity index (χ2v) is 6.50. The first kappa shape index (κ1) is 18.5. The van der Waals surface area contributed by atoms with Crippen molar-refractivity contribution < 1.29 is 36.2 Å². The molecule has 3 aliphatic heterocycles. The van der Waals surface area contributed by atoms with Crippen LogP contribution < -0.4 is 4.74 Å². The van der Waals surface area contributed by atoms with Crippen molar-refractivity contribution in [2.24, 2.45) is 4.99 Å². The summed E-state index contributed by atoms with van der Waals surface area (Å²) in [5, 5.41) is 0. The lowest BCUT2D eigenvalue weighted by atomic mass is 9.84. The molecule has 0 fully saturated rings. The summed E-state index contributed by atoms with van der Waals surface area (Å²) in [6.45, 7) is -3.15. The van der Waals surface area contributed by atoms with Gasteiger partial charge in [-0.1, -0.05) is 12.1 Å². The third kappa shape index (κ3) is 2.92. The van der Waals surface area contributed by atoms with Gasteiger partial charge in [0, 0.05) is 18.2 Å². The van der Waals surface area contributed by atoms with E-state index in [0.29, 0.717) is 30.1 Å². The lowest BCUT2D eigenvalue weighted by Crippen LogP contribution is -2.37. The number of hydrogen-bond acceptors (Lipinski definition) is 5. The topological polar surface area (TPSA) is 51.1 Å². The molecule has 0 bridgehead atoms. The number of aliphatic imine (C=N–C) groups is 1. The van der Waals surface area contributed by atoms with Crippen molar-refractivity contribution in [2.75, 3.05) is 13.2 Å². The largest absolute Gasteiger partial charge is 0.492 e. The fourth-order valence-electron chi connectivity index (χ4n) is 3.62. The van der Waals surface area contributed by atoms with E-state index in [2.05, 4.69) is 9.73 Å². The highest BCUT2D eigenvalue weighted by molar-refractivity contribution is 6.00. The van der Waals surface area contributed by atoms with Gasteiger partial charge in [-0.25, -0.2) is 0 Å². The molecule has 1 atom stereocenters. The summed E-state index contributed by atoms with van der Waals surface area (Å²) in [6.07, 6.45) is -2.48. The van der Waals surface area contributed by atoms with E-state index in [1.165, 1.54) is 0 Å². The molecule has 10 heteroatoms. The van der Waals surface area contributed by atoms with E-state index in [0.717, 1.165) is 11.1 Å². The number of fused-ring (bicyclic) bond motifs is 3. The van der Waals surface area contributed by atoms with Crippen molar-refractivity contribution in [3.05, 3.63) is 52.9 Å². The van der Waals surface area contributed by atoms with E-state index in [4.69, 9.17) is 4.74 Å². The van der Waals surface area contributed by atoms with Crippen LogP contribution in [0.4, 0.5) is 22.0 Å². The quantitative estimate of drug-likeness (QED) is 0.573. The Bertz CT molecular complexity index is 922. The van der Waals surface area contributed by atoms with Crippen LogP contribution in [0.5, 0.6) is 5.75 Å². The van der Waals surface area contributed by atoms with Gasteiger partial charge in [0.2, 0.25) is 0 Å². The van der Waals surface area contributed by atoms with Gasteiger partial charge < -0.3 is 14.4 Å². The second kappa shape index (κ2) is 6.32. The Labute approximate surface area is 155 Å². The normalized spacial score (nSPS) is 23.5. The Balaban J connectivity index is 1.82. The first-order chi connectivity index (χ1) is 13.2. The lowest BCUT2D eigenvalue weighted by Gasteiger charge is -2.34. The minimum atomic E-state index is -4.74. The maximum absolute atomic E-state index is 13.2. The van der Waals surface area contributed by atoms with E-state index in [9.17, 15) is 26.7 Å². The third-order valence-corrected chi connectivity index (χ3v) is 4.81. The Morgan fingerprint density at radius 3 is 2.79 bits per heavy atom. The molecule has 3 heterocycles. The summed E-state index contributed by atoms with van der Waals surface area (Å²) >= 11 is 0. The summed E-state index contributed by atoms with van der Waals surface area (Å²) in [4.78, 5) is 16.9. The van der Waals surface area contributed by atoms with Crippen LogP contribution in [-0.2, 0) is 10.3 Å². The number of para-hydroxylation sites is 1. The average molecular weight is 400 g/mol. The second-order valence-electron chi connectivity index (χ2n) is 6.50. The van der Waals surface area contributed by atoms with E-state index in [-0.39, 0.29) is 24.6 Å². The lowest BCUT2D eigenvalue weighted by molar-refractivity contribution is -0.0981. The monoisotopic (exact) mass is 400 g/mol. The number of nitrogens with zero attached hydrogens (tertiary/aromatic N) is 2. The summed E-state index contributed by atoms with van der Waals surface area (Å²) in [7, 11) is 0. The summed E-state index contributed by atoms with van der Waals surface area (Å²) in [5.41, 5.74) is -1.35. The smallest absolute Gasteiger partial charge is 0.417 e. The zero-order chi connectivity index (χ0) is 20.1. The van der Waals surface area contributed by atoms with Gasteiger partial charge in [0.25, 0.3) is 0 Å². The summed E-state index contributed by atoms with van der Waals surface area (Å²) < 4.78 is 75.0. The first-order valence-electron chi connectivity index (χ1n) is 8.27. The molecule has 0 amide bonds. The number of benzene rings is 1. The summed E-state index contributed by atoms with van der Waals surface area (Å²) in [5.74, 6) is -0.466. The van der Waals surface area contributed by atoms with E-state index < -0.39 is 29.7 Å². The van der Waals surface area contributed by atoms with Gasteiger partial charge in [0.15, 0.2) is 17.9 Å². The number of aldehydes is 1. The molecule has 0 saturated carbocycles. The van der Waals surface area contributed by atoms with Crippen LogP contribution in [0.15, 0.2) is 46.8 Å². The highest BCUT2D eigenvalue weighted by Crippen LogP contribution is 2.47. The molecule has 0 saturated heterocycles. The van der Waals surface area contributed by atoms with Crippen LogP contribution in [-0.4, -0.2) is 43.0 Å². The molecule has 28 heavy (non-hydrogen) atoms. The Kier molecular flexibility index (Phi) is 4.16. The predicted molar refractivity (Wildman–Crippen MR) is 87.1 cm³/mol. The zero-order valence-corrected chi connectivity index (χ0v) is 14.2. The van der Waals surface area contributed by atoms with Crippen molar-refractivity contribution in [2.45, 2.75) is 24.7 Å². The van der Waals surface area contributed by atoms with Crippen LogP contribution in [0.2, 0.25) is 0 Å². The zero-order valence-electron chi connectivity index (χ0n) is 14.2. The third-order valence-electron chi connectivity index (χ3n) is 4.81. The fourth-order valence-corrected chi connectivity index (χ4v) is 3.62. The van der Waals surface area contributed by atoms with Gasteiger partial charge in [-0.15, -0.1) is 0 Å². The maximum atomic E-state index is 13.2. The average Bonchev–Trinajstić information content (AvgIpc) is 2.99. The fraction of sp³-hybridized carbons (Fsp3) is 0.333. The van der Waals surface area contributed by atoms with Crippen molar-refractivity contribution in [1.29, 1.82) is 0 Å². The molecule has 1 aromatic rings. The van der Waals surface area contributed by atoms with Gasteiger partial charge in [-0.2, -0.15) is 22.0 Å². The molecule has 5 nitrogen and oxygen atoms in total. The number of halogens is 5. The highest BCUT2D eigenvalue weighted by atomic mass is 19.4. The number of carbonyl (C=O) groups excluding carboxylic acids is 1. The number of hydrogen-bond donors (Lipinski definition) is 0. The number of ether oxygens (including phenoxy) is 2. The van der Waals surface area contributed by atoms with E-state index >= 15 is 0 Å². The standard InChI is InChI=1S/C18H13F5N2O3/c19-16(20)28-13-6-11(18(21,22)23)7-25-9-17(24-15(13)25)4-5-27-14-10(8-26)2-1-3-12(14)17/h1-3,6-8,16H,4-5,9H2/t17-/m1/s1. The molecule has 3 aliphatic rings. The summed E-state index contributed by atoms with van der Waals surface area (Å²) in [6, 6.07) is 4.82. The molecular weight excluding hydrogens is 387 g/mol. The molecule has 148 valence electrons. The van der Waals surface area contributed by atoms with Crippen LogP contribution in [0.3, 0.4) is 0 Å². The van der Waals surface area contributed by atoms with Gasteiger partial charge in [-0.05, 0) is 12.1 Å². The molecular formula is C18H13F5N2O3. The molecule has 4 rings (SSSR count). The number of carbonyl (C=O) groups is 1. The minimum Gasteiger partial charge on any atom is -0.492 e. The number of alkyl halides is 5. The minimum absolute atomic E-state index is 0.0233. The van der Waals surface area contributed by atoms with Crippen LogP contribution in [0.1, 0.15) is 22.3 Å². The van der Waals surface area contributed by atoms with Crippen LogP contribution >= 0.6 is 0 Å². The van der Waals surface area contributed by atoms with Crippen molar-refractivity contribution in [3.63, 3.8) is 0 Å². The Morgan fingerprint density at radius 1 is 1.32 bits per heavy atom. The van der Waals surface area contributed by atoms with Gasteiger partial charge >= 0.3 is 12.8 Å². The Hall–Kier alpha value is -2.91. The SMILES string of the molecule is O=Cc1cccc2c1OCC[C@@]21CN2C=C(C(F)(F)F)C=C(OC(F)F)C2=N1. The van der Waals surface area contributed by atoms with Crippen LogP contribution in [0, 0.1) is 0 Å². The van der Waals surface area contributed by atoms with Crippen molar-refractivity contribution in [3.8, 4) is 5.75 Å². The van der Waals surface area contributed by atoms with Crippen molar-refractivity contribution in [1.82, 2.24) is 4.90 Å². The van der Waals surface area contributed by atoms with Gasteiger partial charge in [0.1, 0.15) is 11.3 Å². The van der Waals surface area contributed by atoms with Gasteiger partial charge in [-0.3, -0.25) is 9.79 Å². The number of rotatable bonds is 3. The Morgan fingerprint density at radius 2 is 2.11 bits per heavy atom. The van der Waals surface area contributed by atoms with E-state index in [1.807, 2.05) is 0 Å². The number of amidine groups is 1. The predicted octanol–water partition coefficient (Wildman–Crippen LogP) is 3.77. The molecule has 0 radical (unpaired) electrons. The van der Waals surface area contributed by atoms with E-state index in [1.54, 1.807) is 18.2 Å². The van der Waals surface area contributed by atoms with Crippen LogP contribution in [0.25, 0.3) is 0 Å². The number of allylic oxidation sites excluding steroid dienone is 2. The highest BCUT2D eigenvalue weighted by Gasteiger charge is 2.48. The molecule has 0 aliphatic carbocycles. The molecule has 0 unspecified atom stereocenters. The molecule has 1 spiro atoms. The molecule has 0 aromatic heterocycles. The first-order valence-corrected chi connectivity index (χ1v) is 8.27. The van der Waals surface area contributed by atoms with Crippen molar-refractivity contribution >= 4 is 12.1 Å².